The van der Waals surface area contributed by atoms with Crippen molar-refractivity contribution in [3.05, 3.63) is 93.4 Å². The van der Waals surface area contributed by atoms with E-state index in [1.807, 2.05) is 60.7 Å². The molecule has 134 valence electrons. The first-order chi connectivity index (χ1) is 13.6. The number of fused-ring (bicyclic) bond motifs is 3. The van der Waals surface area contributed by atoms with Gasteiger partial charge < -0.3 is 0 Å². The summed E-state index contributed by atoms with van der Waals surface area (Å²) in [4.78, 5) is 21.7. The van der Waals surface area contributed by atoms with Crippen molar-refractivity contribution in [2.24, 2.45) is 0 Å². The first-order valence-corrected chi connectivity index (χ1v) is 10.3. The van der Waals surface area contributed by atoms with E-state index in [1.165, 1.54) is 0 Å². The summed E-state index contributed by atoms with van der Waals surface area (Å²) in [5.41, 5.74) is 6.62. The van der Waals surface area contributed by atoms with Crippen molar-refractivity contribution in [2.45, 2.75) is 0 Å². The third-order valence-electron chi connectivity index (χ3n) is 4.81. The van der Waals surface area contributed by atoms with E-state index in [-0.39, 0.29) is 5.78 Å². The van der Waals surface area contributed by atoms with Crippen molar-refractivity contribution in [2.75, 3.05) is 0 Å². The molecule has 28 heavy (non-hydrogen) atoms. The molecule has 0 unspecified atom stereocenters. The maximum absolute atomic E-state index is 12.8. The number of carbonyl (C=O) groups is 1. The van der Waals surface area contributed by atoms with E-state index >= 15 is 0 Å². The lowest BCUT2D eigenvalue weighted by molar-refractivity contribution is 0.103. The minimum absolute atomic E-state index is 0.119. The molecule has 0 aliphatic heterocycles. The van der Waals surface area contributed by atoms with Crippen molar-refractivity contribution in [3.8, 4) is 33.4 Å². The molecule has 4 aromatic rings. The Hall–Kier alpha value is -2.63. The highest BCUT2D eigenvalue weighted by Crippen LogP contribution is 2.39. The lowest BCUT2D eigenvalue weighted by Gasteiger charge is -2.07. The van der Waals surface area contributed by atoms with Crippen LogP contribution in [-0.2, 0) is 0 Å². The lowest BCUT2D eigenvalue weighted by atomic mass is 10.0. The van der Waals surface area contributed by atoms with Crippen molar-refractivity contribution < 1.29 is 4.79 Å². The fourth-order valence-electron chi connectivity index (χ4n) is 3.47. The van der Waals surface area contributed by atoms with Gasteiger partial charge in [0.1, 0.15) is 11.4 Å². The van der Waals surface area contributed by atoms with E-state index in [0.717, 1.165) is 42.3 Å². The number of halogens is 2. The van der Waals surface area contributed by atoms with Gasteiger partial charge in [-0.25, -0.2) is 0 Å². The molecule has 0 spiro atoms. The average molecular weight is 492 g/mol. The third-order valence-corrected chi connectivity index (χ3v) is 5.80. The van der Waals surface area contributed by atoms with E-state index in [1.54, 1.807) is 12.4 Å². The number of nitrogens with zero attached hydrogens (tertiary/aromatic N) is 2. The van der Waals surface area contributed by atoms with Gasteiger partial charge in [0.05, 0.1) is 0 Å². The lowest BCUT2D eigenvalue weighted by Crippen LogP contribution is -2.00. The number of pyridine rings is 2. The van der Waals surface area contributed by atoms with E-state index in [0.29, 0.717) is 11.4 Å². The maximum Gasteiger partial charge on any atom is 0.230 e. The summed E-state index contributed by atoms with van der Waals surface area (Å²) in [6.07, 6.45) is 3.50. The molecule has 5 rings (SSSR count). The second-order valence-corrected chi connectivity index (χ2v) is 8.42. The van der Waals surface area contributed by atoms with Gasteiger partial charge in [0.15, 0.2) is 0 Å². The smallest absolute Gasteiger partial charge is 0.230 e. The molecule has 2 aromatic carbocycles. The van der Waals surface area contributed by atoms with Crippen LogP contribution in [0.2, 0.25) is 0 Å². The number of ketones is 1. The molecule has 0 saturated heterocycles. The van der Waals surface area contributed by atoms with Gasteiger partial charge in [-0.05, 0) is 47.5 Å². The highest BCUT2D eigenvalue weighted by Gasteiger charge is 2.30. The zero-order valence-corrected chi connectivity index (χ0v) is 17.7. The van der Waals surface area contributed by atoms with Crippen LogP contribution < -0.4 is 0 Å². The van der Waals surface area contributed by atoms with Gasteiger partial charge in [0.25, 0.3) is 0 Å². The predicted octanol–water partition coefficient (Wildman–Crippen LogP) is 6.55. The van der Waals surface area contributed by atoms with Gasteiger partial charge >= 0.3 is 0 Å². The van der Waals surface area contributed by atoms with Gasteiger partial charge in [0.2, 0.25) is 5.78 Å². The molecule has 0 N–H and O–H groups in total. The fraction of sp³-hybridized carbons (Fsp3) is 0. The summed E-state index contributed by atoms with van der Waals surface area (Å²) >= 11 is 7.02. The summed E-state index contributed by atoms with van der Waals surface area (Å²) < 4.78 is 2.00. The predicted molar refractivity (Wildman–Crippen MR) is 117 cm³/mol. The number of rotatable bonds is 2. The Kier molecular flexibility index (Phi) is 4.22. The summed E-state index contributed by atoms with van der Waals surface area (Å²) in [6.45, 7) is 0. The Morgan fingerprint density at radius 2 is 1.07 bits per heavy atom. The standard InChI is InChI=1S/C23H12Br2N2O/c24-17-5-1-3-13(7-17)15-9-19-20-10-16(14-4-2-6-18(25)8-14)12-27-22(20)23(28)21(19)26-11-15/h1-12H. The Bertz CT molecular complexity index is 1170. The summed E-state index contributed by atoms with van der Waals surface area (Å²) in [5, 5.41) is 0. The van der Waals surface area contributed by atoms with Crippen LogP contribution in [0.25, 0.3) is 33.4 Å². The van der Waals surface area contributed by atoms with Crippen LogP contribution in [0.4, 0.5) is 0 Å². The number of hydrogen-bond donors (Lipinski definition) is 0. The second kappa shape index (κ2) is 6.76. The second-order valence-electron chi connectivity index (χ2n) is 6.59. The number of benzene rings is 2. The van der Waals surface area contributed by atoms with Crippen molar-refractivity contribution >= 4 is 37.6 Å². The largest absolute Gasteiger partial charge is 0.285 e. The van der Waals surface area contributed by atoms with E-state index in [9.17, 15) is 4.79 Å². The molecule has 3 nitrogen and oxygen atoms in total. The van der Waals surface area contributed by atoms with E-state index in [4.69, 9.17) is 0 Å². The first-order valence-electron chi connectivity index (χ1n) is 8.67. The zero-order chi connectivity index (χ0) is 19.3. The SMILES string of the molecule is O=C1c2ncc(-c3cccc(Br)c3)cc2-c2cc(-c3cccc(Br)c3)cnc21. The van der Waals surface area contributed by atoms with Gasteiger partial charge in [-0.3, -0.25) is 14.8 Å². The van der Waals surface area contributed by atoms with E-state index in [2.05, 4.69) is 41.8 Å². The molecule has 2 aromatic heterocycles. The minimum atomic E-state index is -0.119. The van der Waals surface area contributed by atoms with Crippen LogP contribution in [-0.4, -0.2) is 15.8 Å². The van der Waals surface area contributed by atoms with Crippen LogP contribution in [0.1, 0.15) is 16.2 Å². The monoisotopic (exact) mass is 490 g/mol. The Morgan fingerprint density at radius 3 is 1.50 bits per heavy atom. The quantitative estimate of drug-likeness (QED) is 0.281. The van der Waals surface area contributed by atoms with Gasteiger partial charge in [-0.15, -0.1) is 0 Å². The van der Waals surface area contributed by atoms with Crippen LogP contribution in [0.3, 0.4) is 0 Å². The molecule has 1 aliphatic carbocycles. The minimum Gasteiger partial charge on any atom is -0.285 e. The van der Waals surface area contributed by atoms with Crippen molar-refractivity contribution in [1.29, 1.82) is 0 Å². The van der Waals surface area contributed by atoms with Crippen molar-refractivity contribution in [1.82, 2.24) is 9.97 Å². The van der Waals surface area contributed by atoms with Crippen LogP contribution in [0, 0.1) is 0 Å². The van der Waals surface area contributed by atoms with Crippen LogP contribution in [0.5, 0.6) is 0 Å². The Morgan fingerprint density at radius 1 is 0.607 bits per heavy atom. The molecule has 0 fully saturated rings. The third kappa shape index (κ3) is 2.91. The summed E-state index contributed by atoms with van der Waals surface area (Å²) in [5.74, 6) is -0.119. The molecule has 0 saturated carbocycles. The zero-order valence-electron chi connectivity index (χ0n) is 14.5. The molecule has 2 heterocycles. The molecule has 0 bridgehead atoms. The number of aromatic nitrogens is 2. The van der Waals surface area contributed by atoms with Gasteiger partial charge in [0, 0.05) is 43.6 Å². The van der Waals surface area contributed by atoms with Gasteiger partial charge in [-0.2, -0.15) is 0 Å². The molecule has 0 atom stereocenters. The van der Waals surface area contributed by atoms with Crippen molar-refractivity contribution in [3.63, 3.8) is 0 Å². The van der Waals surface area contributed by atoms with E-state index < -0.39 is 0 Å². The first kappa shape index (κ1) is 17.5. The average Bonchev–Trinajstić information content (AvgIpc) is 2.99. The van der Waals surface area contributed by atoms with Crippen LogP contribution in [0.15, 0.2) is 82.0 Å². The number of hydrogen-bond acceptors (Lipinski definition) is 3. The van der Waals surface area contributed by atoms with Crippen LogP contribution >= 0.6 is 31.9 Å². The molecular formula is C23H12Br2N2O. The molecule has 0 radical (unpaired) electrons. The number of carbonyl (C=O) groups excluding carboxylic acids is 1. The normalized spacial score (nSPS) is 12.0. The fourth-order valence-corrected chi connectivity index (χ4v) is 4.26. The highest BCUT2D eigenvalue weighted by atomic mass is 79.9. The maximum atomic E-state index is 12.8. The molecule has 5 heteroatoms. The molecule has 1 aliphatic rings. The topological polar surface area (TPSA) is 42.9 Å². The molecule has 0 amide bonds. The summed E-state index contributed by atoms with van der Waals surface area (Å²) in [7, 11) is 0. The molecular weight excluding hydrogens is 480 g/mol. The Labute approximate surface area is 178 Å². The summed E-state index contributed by atoms with van der Waals surface area (Å²) in [6, 6.07) is 20.1. The Balaban J connectivity index is 1.67. The highest BCUT2D eigenvalue weighted by molar-refractivity contribution is 9.10. The van der Waals surface area contributed by atoms with Gasteiger partial charge in [-0.1, -0.05) is 56.1 Å².